The Morgan fingerprint density at radius 3 is 3.13 bits per heavy atom. The van der Waals surface area contributed by atoms with Crippen LogP contribution in [0.4, 0.5) is 0 Å². The molecule has 0 aliphatic carbocycles. The molecule has 0 amide bonds. The van der Waals surface area contributed by atoms with Crippen LogP contribution in [0.3, 0.4) is 0 Å². The van der Waals surface area contributed by atoms with Gasteiger partial charge in [0.05, 0.1) is 5.69 Å². The van der Waals surface area contributed by atoms with Crippen molar-refractivity contribution in [2.75, 3.05) is 13.1 Å². The molecular weight excluding hydrogens is 186 g/mol. The van der Waals surface area contributed by atoms with Crippen molar-refractivity contribution >= 4 is 0 Å². The topological polar surface area (TPSA) is 37.0 Å². The molecule has 2 N–H and O–H groups in total. The van der Waals surface area contributed by atoms with E-state index >= 15 is 0 Å². The normalized spacial score (nSPS) is 23.7. The van der Waals surface area contributed by atoms with Crippen LogP contribution in [0.25, 0.3) is 0 Å². The summed E-state index contributed by atoms with van der Waals surface area (Å²) in [5.74, 6) is 0. The summed E-state index contributed by atoms with van der Waals surface area (Å²) in [5, 5.41) is 7.02. The van der Waals surface area contributed by atoms with Crippen LogP contribution in [0.5, 0.6) is 0 Å². The molecule has 0 saturated carbocycles. The molecule has 82 valence electrons. The SMILES string of the molecule is C[C@@H](NC1CCCNC1)c1ccccn1. The van der Waals surface area contributed by atoms with E-state index < -0.39 is 0 Å². The van der Waals surface area contributed by atoms with Gasteiger partial charge in [-0.1, -0.05) is 6.07 Å². The van der Waals surface area contributed by atoms with E-state index in [2.05, 4.69) is 28.6 Å². The first-order valence-corrected chi connectivity index (χ1v) is 5.74. The summed E-state index contributed by atoms with van der Waals surface area (Å²) in [7, 11) is 0. The highest BCUT2D eigenvalue weighted by molar-refractivity contribution is 5.08. The summed E-state index contributed by atoms with van der Waals surface area (Å²) in [5.41, 5.74) is 1.13. The van der Waals surface area contributed by atoms with E-state index in [0.717, 1.165) is 18.8 Å². The number of rotatable bonds is 3. The molecule has 2 atom stereocenters. The van der Waals surface area contributed by atoms with Crippen LogP contribution in [0.1, 0.15) is 31.5 Å². The van der Waals surface area contributed by atoms with Crippen molar-refractivity contribution in [3.05, 3.63) is 30.1 Å². The van der Waals surface area contributed by atoms with Gasteiger partial charge in [0.2, 0.25) is 0 Å². The van der Waals surface area contributed by atoms with Gasteiger partial charge in [0, 0.05) is 24.8 Å². The van der Waals surface area contributed by atoms with Gasteiger partial charge in [-0.05, 0) is 38.4 Å². The summed E-state index contributed by atoms with van der Waals surface area (Å²) in [6.45, 7) is 4.42. The molecular formula is C12H19N3. The van der Waals surface area contributed by atoms with Gasteiger partial charge in [-0.2, -0.15) is 0 Å². The number of nitrogens with one attached hydrogen (secondary N) is 2. The van der Waals surface area contributed by atoms with Crippen molar-refractivity contribution in [3.63, 3.8) is 0 Å². The van der Waals surface area contributed by atoms with Crippen LogP contribution in [0, 0.1) is 0 Å². The highest BCUT2D eigenvalue weighted by Crippen LogP contribution is 2.11. The lowest BCUT2D eigenvalue weighted by molar-refractivity contribution is 0.359. The van der Waals surface area contributed by atoms with Gasteiger partial charge in [0.25, 0.3) is 0 Å². The molecule has 1 aliphatic heterocycles. The molecule has 2 rings (SSSR count). The third-order valence-electron chi connectivity index (χ3n) is 2.91. The minimum Gasteiger partial charge on any atom is -0.315 e. The van der Waals surface area contributed by atoms with E-state index in [4.69, 9.17) is 0 Å². The first-order valence-electron chi connectivity index (χ1n) is 5.74. The molecule has 0 aromatic carbocycles. The molecule has 2 heterocycles. The predicted octanol–water partition coefficient (Wildman–Crippen LogP) is 1.48. The first kappa shape index (κ1) is 10.6. The minimum absolute atomic E-state index is 0.344. The van der Waals surface area contributed by atoms with Crippen molar-refractivity contribution in [2.24, 2.45) is 0 Å². The van der Waals surface area contributed by atoms with Crippen molar-refractivity contribution in [2.45, 2.75) is 31.8 Å². The number of aromatic nitrogens is 1. The second-order valence-corrected chi connectivity index (χ2v) is 4.19. The number of piperidine rings is 1. The molecule has 1 unspecified atom stereocenters. The lowest BCUT2D eigenvalue weighted by Crippen LogP contribution is -2.44. The summed E-state index contributed by atoms with van der Waals surface area (Å²) >= 11 is 0. The first-order chi connectivity index (χ1) is 7.36. The minimum atomic E-state index is 0.344. The highest BCUT2D eigenvalue weighted by Gasteiger charge is 2.16. The van der Waals surface area contributed by atoms with Crippen molar-refractivity contribution in [3.8, 4) is 0 Å². The fraction of sp³-hybridized carbons (Fsp3) is 0.583. The van der Waals surface area contributed by atoms with Gasteiger partial charge in [-0.25, -0.2) is 0 Å². The molecule has 3 nitrogen and oxygen atoms in total. The van der Waals surface area contributed by atoms with Gasteiger partial charge in [0.15, 0.2) is 0 Å². The van der Waals surface area contributed by atoms with Gasteiger partial charge >= 0.3 is 0 Å². The van der Waals surface area contributed by atoms with Crippen molar-refractivity contribution in [1.29, 1.82) is 0 Å². The average Bonchev–Trinajstić information content (AvgIpc) is 2.31. The number of hydrogen-bond acceptors (Lipinski definition) is 3. The van der Waals surface area contributed by atoms with Crippen LogP contribution in [-0.2, 0) is 0 Å². The van der Waals surface area contributed by atoms with Crippen LogP contribution >= 0.6 is 0 Å². The second-order valence-electron chi connectivity index (χ2n) is 4.19. The molecule has 1 aliphatic rings. The standard InChI is InChI=1S/C12H19N3/c1-10(12-6-2-3-8-14-12)15-11-5-4-7-13-9-11/h2-3,6,8,10-11,13,15H,4-5,7,9H2,1H3/t10-,11?/m1/s1. The van der Waals surface area contributed by atoms with E-state index in [9.17, 15) is 0 Å². The van der Waals surface area contributed by atoms with Crippen molar-refractivity contribution in [1.82, 2.24) is 15.6 Å². The summed E-state index contributed by atoms with van der Waals surface area (Å²) in [6.07, 6.45) is 4.39. The zero-order valence-corrected chi connectivity index (χ0v) is 9.24. The third kappa shape index (κ3) is 3.01. The largest absolute Gasteiger partial charge is 0.315 e. The Morgan fingerprint density at radius 2 is 2.47 bits per heavy atom. The Morgan fingerprint density at radius 1 is 1.53 bits per heavy atom. The molecule has 15 heavy (non-hydrogen) atoms. The van der Waals surface area contributed by atoms with E-state index in [0.29, 0.717) is 12.1 Å². The quantitative estimate of drug-likeness (QED) is 0.785. The molecule has 1 saturated heterocycles. The number of pyridine rings is 1. The lowest BCUT2D eigenvalue weighted by Gasteiger charge is -2.27. The number of nitrogens with zero attached hydrogens (tertiary/aromatic N) is 1. The highest BCUT2D eigenvalue weighted by atomic mass is 15.0. The lowest BCUT2D eigenvalue weighted by atomic mass is 10.1. The van der Waals surface area contributed by atoms with E-state index in [1.54, 1.807) is 0 Å². The molecule has 1 aromatic heterocycles. The monoisotopic (exact) mass is 205 g/mol. The maximum Gasteiger partial charge on any atom is 0.0570 e. The van der Waals surface area contributed by atoms with Crippen molar-refractivity contribution < 1.29 is 0 Å². The summed E-state index contributed by atoms with van der Waals surface area (Å²) in [6, 6.07) is 7.01. The van der Waals surface area contributed by atoms with E-state index in [-0.39, 0.29) is 0 Å². The Hall–Kier alpha value is -0.930. The maximum atomic E-state index is 4.36. The van der Waals surface area contributed by atoms with Gasteiger partial charge in [-0.3, -0.25) is 4.98 Å². The molecule has 1 fully saturated rings. The Kier molecular flexibility index (Phi) is 3.69. The van der Waals surface area contributed by atoms with Crippen LogP contribution in [-0.4, -0.2) is 24.1 Å². The zero-order chi connectivity index (χ0) is 10.5. The molecule has 0 radical (unpaired) electrons. The average molecular weight is 205 g/mol. The molecule has 0 bridgehead atoms. The summed E-state index contributed by atoms with van der Waals surface area (Å²) < 4.78 is 0. The van der Waals surface area contributed by atoms with Crippen LogP contribution in [0.15, 0.2) is 24.4 Å². The summed E-state index contributed by atoms with van der Waals surface area (Å²) in [4.78, 5) is 4.36. The Labute approximate surface area is 91.3 Å². The van der Waals surface area contributed by atoms with Gasteiger partial charge < -0.3 is 10.6 Å². The Bertz CT molecular complexity index is 280. The molecule has 3 heteroatoms. The Balaban J connectivity index is 1.88. The van der Waals surface area contributed by atoms with E-state index in [1.807, 2.05) is 18.3 Å². The fourth-order valence-corrected chi connectivity index (χ4v) is 2.07. The van der Waals surface area contributed by atoms with Gasteiger partial charge in [0.1, 0.15) is 0 Å². The zero-order valence-electron chi connectivity index (χ0n) is 9.24. The maximum absolute atomic E-state index is 4.36. The van der Waals surface area contributed by atoms with E-state index in [1.165, 1.54) is 12.8 Å². The third-order valence-corrected chi connectivity index (χ3v) is 2.91. The van der Waals surface area contributed by atoms with Crippen LogP contribution in [0.2, 0.25) is 0 Å². The number of hydrogen-bond donors (Lipinski definition) is 2. The fourth-order valence-electron chi connectivity index (χ4n) is 2.07. The predicted molar refractivity (Wildman–Crippen MR) is 61.7 cm³/mol. The van der Waals surface area contributed by atoms with Crippen LogP contribution < -0.4 is 10.6 Å². The van der Waals surface area contributed by atoms with Gasteiger partial charge in [-0.15, -0.1) is 0 Å². The molecule has 0 spiro atoms. The molecule has 1 aromatic rings. The second kappa shape index (κ2) is 5.24. The smallest absolute Gasteiger partial charge is 0.0570 e.